The summed E-state index contributed by atoms with van der Waals surface area (Å²) in [7, 11) is 0. The van der Waals surface area contributed by atoms with E-state index in [1.165, 1.54) is 0 Å². The van der Waals surface area contributed by atoms with Crippen molar-refractivity contribution in [1.29, 1.82) is 0 Å². The SMILES string of the molecule is CC1CCCN1c1ccc(Cl)c(C(=O)O)c1. The van der Waals surface area contributed by atoms with Gasteiger partial charge in [0.1, 0.15) is 0 Å². The van der Waals surface area contributed by atoms with Crippen LogP contribution in [0.1, 0.15) is 30.1 Å². The van der Waals surface area contributed by atoms with Gasteiger partial charge in [0.2, 0.25) is 0 Å². The van der Waals surface area contributed by atoms with Gasteiger partial charge in [0.15, 0.2) is 0 Å². The fourth-order valence-electron chi connectivity index (χ4n) is 2.17. The molecule has 4 heteroatoms. The molecule has 0 radical (unpaired) electrons. The van der Waals surface area contributed by atoms with Crippen molar-refractivity contribution in [3.63, 3.8) is 0 Å². The third-order valence-electron chi connectivity index (χ3n) is 3.06. The van der Waals surface area contributed by atoms with Crippen LogP contribution in [0.3, 0.4) is 0 Å². The number of carboxylic acid groups (broad SMARTS) is 1. The van der Waals surface area contributed by atoms with Gasteiger partial charge in [-0.2, -0.15) is 0 Å². The number of hydrogen-bond donors (Lipinski definition) is 1. The maximum atomic E-state index is 11.0. The van der Waals surface area contributed by atoms with E-state index in [2.05, 4.69) is 11.8 Å². The summed E-state index contributed by atoms with van der Waals surface area (Å²) < 4.78 is 0. The van der Waals surface area contributed by atoms with Crippen LogP contribution < -0.4 is 4.90 Å². The fraction of sp³-hybridized carbons (Fsp3) is 0.417. The van der Waals surface area contributed by atoms with E-state index in [1.807, 2.05) is 6.07 Å². The molecule has 1 aliphatic heterocycles. The zero-order valence-corrected chi connectivity index (χ0v) is 9.87. The minimum absolute atomic E-state index is 0.179. The van der Waals surface area contributed by atoms with Gasteiger partial charge in [-0.05, 0) is 38.0 Å². The van der Waals surface area contributed by atoms with Gasteiger partial charge in [-0.25, -0.2) is 4.79 Å². The highest BCUT2D eigenvalue weighted by Gasteiger charge is 2.21. The van der Waals surface area contributed by atoms with Crippen LogP contribution in [0.25, 0.3) is 0 Å². The molecular formula is C12H14ClNO2. The summed E-state index contributed by atoms with van der Waals surface area (Å²) >= 11 is 5.83. The molecule has 0 amide bonds. The summed E-state index contributed by atoms with van der Waals surface area (Å²) in [6.07, 6.45) is 2.32. The largest absolute Gasteiger partial charge is 0.478 e. The summed E-state index contributed by atoms with van der Waals surface area (Å²) in [5.74, 6) is -0.973. The van der Waals surface area contributed by atoms with Crippen LogP contribution in [0.5, 0.6) is 0 Å². The molecule has 1 atom stereocenters. The number of anilines is 1. The maximum Gasteiger partial charge on any atom is 0.337 e. The van der Waals surface area contributed by atoms with Crippen LogP contribution in [-0.4, -0.2) is 23.7 Å². The van der Waals surface area contributed by atoms with Crippen LogP contribution in [0.4, 0.5) is 5.69 Å². The molecule has 1 heterocycles. The molecule has 1 aromatic rings. The second kappa shape index (κ2) is 4.34. The maximum absolute atomic E-state index is 11.0. The van der Waals surface area contributed by atoms with Crippen molar-refractivity contribution in [2.45, 2.75) is 25.8 Å². The van der Waals surface area contributed by atoms with Crippen molar-refractivity contribution < 1.29 is 9.90 Å². The topological polar surface area (TPSA) is 40.5 Å². The van der Waals surface area contributed by atoms with Crippen LogP contribution in [0.15, 0.2) is 18.2 Å². The lowest BCUT2D eigenvalue weighted by Crippen LogP contribution is -2.26. The van der Waals surface area contributed by atoms with Crippen molar-refractivity contribution in [3.8, 4) is 0 Å². The monoisotopic (exact) mass is 239 g/mol. The van der Waals surface area contributed by atoms with Crippen molar-refractivity contribution in [2.75, 3.05) is 11.4 Å². The van der Waals surface area contributed by atoms with E-state index in [1.54, 1.807) is 12.1 Å². The lowest BCUT2D eigenvalue weighted by Gasteiger charge is -2.24. The molecule has 1 fully saturated rings. The number of benzene rings is 1. The summed E-state index contributed by atoms with van der Waals surface area (Å²) in [6, 6.07) is 5.68. The highest BCUT2D eigenvalue weighted by Crippen LogP contribution is 2.28. The Morgan fingerprint density at radius 1 is 1.56 bits per heavy atom. The van der Waals surface area contributed by atoms with Crippen molar-refractivity contribution in [2.24, 2.45) is 0 Å². The third kappa shape index (κ3) is 2.00. The third-order valence-corrected chi connectivity index (χ3v) is 3.39. The predicted molar refractivity (Wildman–Crippen MR) is 64.5 cm³/mol. The first-order valence-corrected chi connectivity index (χ1v) is 5.77. The molecule has 0 bridgehead atoms. The number of aromatic carboxylic acids is 1. The minimum atomic E-state index is -0.973. The van der Waals surface area contributed by atoms with Gasteiger partial charge in [0, 0.05) is 18.3 Å². The van der Waals surface area contributed by atoms with E-state index in [0.717, 1.165) is 25.1 Å². The number of hydrogen-bond acceptors (Lipinski definition) is 2. The Morgan fingerprint density at radius 3 is 2.88 bits per heavy atom. The highest BCUT2D eigenvalue weighted by molar-refractivity contribution is 6.33. The van der Waals surface area contributed by atoms with Gasteiger partial charge < -0.3 is 10.0 Å². The zero-order valence-electron chi connectivity index (χ0n) is 9.11. The molecule has 1 saturated heterocycles. The minimum Gasteiger partial charge on any atom is -0.478 e. The number of carboxylic acids is 1. The van der Waals surface area contributed by atoms with E-state index >= 15 is 0 Å². The summed E-state index contributed by atoms with van der Waals surface area (Å²) in [5, 5.41) is 9.29. The Hall–Kier alpha value is -1.22. The second-order valence-corrected chi connectivity index (χ2v) is 4.56. The first-order valence-electron chi connectivity index (χ1n) is 5.39. The van der Waals surface area contributed by atoms with Crippen molar-refractivity contribution in [3.05, 3.63) is 28.8 Å². The van der Waals surface area contributed by atoms with Gasteiger partial charge in [0.25, 0.3) is 0 Å². The first kappa shape index (κ1) is 11.3. The molecule has 1 N–H and O–H groups in total. The average molecular weight is 240 g/mol. The van der Waals surface area contributed by atoms with Gasteiger partial charge in [-0.1, -0.05) is 11.6 Å². The molecule has 3 nitrogen and oxygen atoms in total. The number of halogens is 1. The van der Waals surface area contributed by atoms with Gasteiger partial charge in [-0.3, -0.25) is 0 Å². The summed E-state index contributed by atoms with van der Waals surface area (Å²) in [5.41, 5.74) is 1.13. The molecule has 1 aliphatic rings. The van der Waals surface area contributed by atoms with E-state index < -0.39 is 5.97 Å². The Balaban J connectivity index is 2.35. The number of nitrogens with zero attached hydrogens (tertiary/aromatic N) is 1. The van der Waals surface area contributed by atoms with E-state index in [4.69, 9.17) is 16.7 Å². The molecule has 0 aromatic heterocycles. The normalized spacial score (nSPS) is 20.1. The van der Waals surface area contributed by atoms with Gasteiger partial charge >= 0.3 is 5.97 Å². The van der Waals surface area contributed by atoms with E-state index in [9.17, 15) is 4.79 Å². The lowest BCUT2D eigenvalue weighted by atomic mass is 10.1. The second-order valence-electron chi connectivity index (χ2n) is 4.15. The Morgan fingerprint density at radius 2 is 2.31 bits per heavy atom. The van der Waals surface area contributed by atoms with E-state index in [0.29, 0.717) is 11.1 Å². The number of rotatable bonds is 2. The molecular weight excluding hydrogens is 226 g/mol. The van der Waals surface area contributed by atoms with Gasteiger partial charge in [-0.15, -0.1) is 0 Å². The lowest BCUT2D eigenvalue weighted by molar-refractivity contribution is 0.0697. The molecule has 0 aliphatic carbocycles. The van der Waals surface area contributed by atoms with Gasteiger partial charge in [0.05, 0.1) is 10.6 Å². The van der Waals surface area contributed by atoms with Crippen molar-refractivity contribution >= 4 is 23.3 Å². The molecule has 16 heavy (non-hydrogen) atoms. The smallest absolute Gasteiger partial charge is 0.337 e. The average Bonchev–Trinajstić information content (AvgIpc) is 2.65. The molecule has 2 rings (SSSR count). The van der Waals surface area contributed by atoms with Crippen LogP contribution >= 0.6 is 11.6 Å². The first-order chi connectivity index (χ1) is 7.59. The predicted octanol–water partition coefficient (Wildman–Crippen LogP) is 3.03. The standard InChI is InChI=1S/C12H14ClNO2/c1-8-3-2-6-14(8)9-4-5-11(13)10(7-9)12(15)16/h4-5,7-8H,2-3,6H2,1H3,(H,15,16). The van der Waals surface area contributed by atoms with Crippen molar-refractivity contribution in [1.82, 2.24) is 0 Å². The molecule has 1 aromatic carbocycles. The quantitative estimate of drug-likeness (QED) is 0.863. The fourth-order valence-corrected chi connectivity index (χ4v) is 2.37. The van der Waals surface area contributed by atoms with E-state index in [-0.39, 0.29) is 5.56 Å². The van der Waals surface area contributed by atoms with Crippen LogP contribution in [0.2, 0.25) is 5.02 Å². The Labute approximate surface area is 99.6 Å². The number of carbonyl (C=O) groups is 1. The molecule has 0 saturated carbocycles. The van der Waals surface area contributed by atoms with Crippen LogP contribution in [-0.2, 0) is 0 Å². The zero-order chi connectivity index (χ0) is 11.7. The summed E-state index contributed by atoms with van der Waals surface area (Å²) in [4.78, 5) is 13.2. The molecule has 1 unspecified atom stereocenters. The van der Waals surface area contributed by atoms with Crippen LogP contribution in [0, 0.1) is 0 Å². The molecule has 0 spiro atoms. The summed E-state index contributed by atoms with van der Waals surface area (Å²) in [6.45, 7) is 3.14. The molecule has 86 valence electrons. The Kier molecular flexibility index (Phi) is 3.06. The Bertz CT molecular complexity index is 419. The highest BCUT2D eigenvalue weighted by atomic mass is 35.5.